The van der Waals surface area contributed by atoms with E-state index in [2.05, 4.69) is 12.2 Å². The molecule has 0 spiro atoms. The third kappa shape index (κ3) is 6.48. The van der Waals surface area contributed by atoms with Crippen molar-refractivity contribution in [3.05, 3.63) is 23.8 Å². The van der Waals surface area contributed by atoms with Crippen molar-refractivity contribution in [2.24, 2.45) is 0 Å². The van der Waals surface area contributed by atoms with Crippen LogP contribution in [0.25, 0.3) is 0 Å². The fraction of sp³-hybridized carbons (Fsp3) is 0.556. The zero-order chi connectivity index (χ0) is 17.9. The van der Waals surface area contributed by atoms with E-state index in [-0.39, 0.29) is 11.8 Å². The van der Waals surface area contributed by atoms with Crippen molar-refractivity contribution in [1.82, 2.24) is 10.2 Å². The first kappa shape index (κ1) is 19.8. The highest BCUT2D eigenvalue weighted by molar-refractivity contribution is 5.78. The summed E-state index contributed by atoms with van der Waals surface area (Å²) in [5, 5.41) is 2.86. The Labute approximate surface area is 144 Å². The second-order valence-electron chi connectivity index (χ2n) is 5.58. The molecule has 2 amide bonds. The van der Waals surface area contributed by atoms with Crippen LogP contribution in [0, 0.1) is 0 Å². The second-order valence-corrected chi connectivity index (χ2v) is 5.58. The molecule has 0 heterocycles. The Morgan fingerprint density at radius 1 is 1.12 bits per heavy atom. The van der Waals surface area contributed by atoms with Crippen molar-refractivity contribution in [2.45, 2.75) is 39.7 Å². The molecule has 6 nitrogen and oxygen atoms in total. The molecule has 0 aliphatic rings. The predicted molar refractivity (Wildman–Crippen MR) is 93.2 cm³/mol. The zero-order valence-electron chi connectivity index (χ0n) is 15.1. The summed E-state index contributed by atoms with van der Waals surface area (Å²) in [5.41, 5.74) is 0.926. The summed E-state index contributed by atoms with van der Waals surface area (Å²) in [6.45, 7) is 5.18. The number of carbonyl (C=O) groups excluding carboxylic acids is 2. The van der Waals surface area contributed by atoms with Crippen molar-refractivity contribution in [2.75, 3.05) is 27.3 Å². The van der Waals surface area contributed by atoms with Gasteiger partial charge in [0.2, 0.25) is 11.8 Å². The standard InChI is InChI=1S/C18H28N2O4/c1-5-6-10-20(14(2)21)11-9-18(22)19-13-15-7-8-16(23-3)17(12-15)24-4/h7-8,12H,5-6,9-11,13H2,1-4H3,(H,19,22). The second kappa shape index (κ2) is 10.5. The molecule has 134 valence electrons. The van der Waals surface area contributed by atoms with Gasteiger partial charge in [-0.1, -0.05) is 19.4 Å². The molecule has 0 fully saturated rings. The van der Waals surface area contributed by atoms with Crippen molar-refractivity contribution >= 4 is 11.8 Å². The van der Waals surface area contributed by atoms with E-state index in [1.165, 1.54) is 6.92 Å². The summed E-state index contributed by atoms with van der Waals surface area (Å²) in [4.78, 5) is 25.3. The first-order valence-electron chi connectivity index (χ1n) is 8.24. The topological polar surface area (TPSA) is 67.9 Å². The number of carbonyl (C=O) groups is 2. The van der Waals surface area contributed by atoms with Gasteiger partial charge in [0.25, 0.3) is 0 Å². The number of hydrogen-bond acceptors (Lipinski definition) is 4. The molecule has 0 radical (unpaired) electrons. The number of rotatable bonds is 10. The lowest BCUT2D eigenvalue weighted by molar-refractivity contribution is -0.129. The molecule has 0 saturated carbocycles. The number of nitrogens with one attached hydrogen (secondary N) is 1. The Morgan fingerprint density at radius 2 is 1.83 bits per heavy atom. The Morgan fingerprint density at radius 3 is 2.42 bits per heavy atom. The van der Waals surface area contributed by atoms with Gasteiger partial charge in [0, 0.05) is 33.0 Å². The van der Waals surface area contributed by atoms with Gasteiger partial charge >= 0.3 is 0 Å². The van der Waals surface area contributed by atoms with Crippen LogP contribution in [-0.4, -0.2) is 44.0 Å². The summed E-state index contributed by atoms with van der Waals surface area (Å²) in [6, 6.07) is 5.52. The van der Waals surface area contributed by atoms with Gasteiger partial charge in [0.15, 0.2) is 11.5 Å². The molecule has 0 bridgehead atoms. The number of unbranched alkanes of at least 4 members (excludes halogenated alkanes) is 1. The van der Waals surface area contributed by atoms with E-state index in [0.29, 0.717) is 37.6 Å². The van der Waals surface area contributed by atoms with Gasteiger partial charge in [0.1, 0.15) is 0 Å². The first-order chi connectivity index (χ1) is 11.5. The Balaban J connectivity index is 2.47. The molecular formula is C18H28N2O4. The smallest absolute Gasteiger partial charge is 0.222 e. The third-order valence-electron chi connectivity index (χ3n) is 3.77. The Bertz CT molecular complexity index is 546. The molecule has 6 heteroatoms. The minimum absolute atomic E-state index is 0.0103. The highest BCUT2D eigenvalue weighted by atomic mass is 16.5. The number of hydrogen-bond donors (Lipinski definition) is 1. The van der Waals surface area contributed by atoms with Crippen molar-refractivity contribution in [1.29, 1.82) is 0 Å². The summed E-state index contributed by atoms with van der Waals surface area (Å²) >= 11 is 0. The van der Waals surface area contributed by atoms with E-state index in [1.807, 2.05) is 18.2 Å². The maximum Gasteiger partial charge on any atom is 0.222 e. The van der Waals surface area contributed by atoms with E-state index >= 15 is 0 Å². The number of benzene rings is 1. The number of amides is 2. The first-order valence-corrected chi connectivity index (χ1v) is 8.24. The monoisotopic (exact) mass is 336 g/mol. The summed E-state index contributed by atoms with van der Waals surface area (Å²) in [6.07, 6.45) is 2.28. The lowest BCUT2D eigenvalue weighted by Crippen LogP contribution is -2.34. The van der Waals surface area contributed by atoms with E-state index in [0.717, 1.165) is 18.4 Å². The number of methoxy groups -OCH3 is 2. The van der Waals surface area contributed by atoms with Crippen LogP contribution in [0.4, 0.5) is 0 Å². The minimum Gasteiger partial charge on any atom is -0.493 e. The van der Waals surface area contributed by atoms with Gasteiger partial charge in [-0.05, 0) is 24.1 Å². The molecule has 0 aliphatic heterocycles. The average Bonchev–Trinajstić information content (AvgIpc) is 2.59. The van der Waals surface area contributed by atoms with Gasteiger partial charge in [-0.15, -0.1) is 0 Å². The van der Waals surface area contributed by atoms with Gasteiger partial charge < -0.3 is 19.7 Å². The van der Waals surface area contributed by atoms with Crippen molar-refractivity contribution in [3.63, 3.8) is 0 Å². The molecule has 1 aromatic carbocycles. The SMILES string of the molecule is CCCCN(CCC(=O)NCc1ccc(OC)c(OC)c1)C(C)=O. The molecule has 1 N–H and O–H groups in total. The molecule has 24 heavy (non-hydrogen) atoms. The van der Waals surface area contributed by atoms with Crippen LogP contribution < -0.4 is 14.8 Å². The van der Waals surface area contributed by atoms with Crippen LogP contribution in [0.15, 0.2) is 18.2 Å². The van der Waals surface area contributed by atoms with Gasteiger partial charge in [-0.2, -0.15) is 0 Å². The number of nitrogens with zero attached hydrogens (tertiary/aromatic N) is 1. The fourth-order valence-electron chi connectivity index (χ4n) is 2.29. The molecule has 0 aliphatic carbocycles. The molecule has 1 aromatic rings. The van der Waals surface area contributed by atoms with Crippen LogP contribution in [0.3, 0.4) is 0 Å². The summed E-state index contributed by atoms with van der Waals surface area (Å²) in [5.74, 6) is 1.22. The molecular weight excluding hydrogens is 308 g/mol. The van der Waals surface area contributed by atoms with E-state index in [4.69, 9.17) is 9.47 Å². The quantitative estimate of drug-likeness (QED) is 0.712. The Hall–Kier alpha value is -2.24. The summed E-state index contributed by atoms with van der Waals surface area (Å²) in [7, 11) is 3.16. The van der Waals surface area contributed by atoms with Crippen molar-refractivity contribution in [3.8, 4) is 11.5 Å². The van der Waals surface area contributed by atoms with Crippen LogP contribution >= 0.6 is 0 Å². The largest absolute Gasteiger partial charge is 0.493 e. The van der Waals surface area contributed by atoms with Crippen LogP contribution in [-0.2, 0) is 16.1 Å². The van der Waals surface area contributed by atoms with E-state index < -0.39 is 0 Å². The van der Waals surface area contributed by atoms with Crippen LogP contribution in [0.5, 0.6) is 11.5 Å². The normalized spacial score (nSPS) is 10.2. The van der Waals surface area contributed by atoms with E-state index in [9.17, 15) is 9.59 Å². The van der Waals surface area contributed by atoms with E-state index in [1.54, 1.807) is 19.1 Å². The maximum absolute atomic E-state index is 12.0. The zero-order valence-corrected chi connectivity index (χ0v) is 15.1. The van der Waals surface area contributed by atoms with Gasteiger partial charge in [-0.25, -0.2) is 0 Å². The van der Waals surface area contributed by atoms with Crippen molar-refractivity contribution < 1.29 is 19.1 Å². The molecule has 0 unspecified atom stereocenters. The van der Waals surface area contributed by atoms with Crippen LogP contribution in [0.1, 0.15) is 38.7 Å². The molecule has 0 saturated heterocycles. The minimum atomic E-state index is -0.0764. The highest BCUT2D eigenvalue weighted by Gasteiger charge is 2.11. The fourth-order valence-corrected chi connectivity index (χ4v) is 2.29. The third-order valence-corrected chi connectivity index (χ3v) is 3.77. The molecule has 0 aromatic heterocycles. The predicted octanol–water partition coefficient (Wildman–Crippen LogP) is 2.36. The molecule has 0 atom stereocenters. The maximum atomic E-state index is 12.0. The lowest BCUT2D eigenvalue weighted by atomic mass is 10.2. The average molecular weight is 336 g/mol. The lowest BCUT2D eigenvalue weighted by Gasteiger charge is -2.20. The van der Waals surface area contributed by atoms with Gasteiger partial charge in [0.05, 0.1) is 14.2 Å². The molecule has 1 rings (SSSR count). The summed E-state index contributed by atoms with van der Waals surface area (Å²) < 4.78 is 10.4. The van der Waals surface area contributed by atoms with Crippen LogP contribution in [0.2, 0.25) is 0 Å². The highest BCUT2D eigenvalue weighted by Crippen LogP contribution is 2.27. The Kier molecular flexibility index (Phi) is 8.68. The van der Waals surface area contributed by atoms with Gasteiger partial charge in [-0.3, -0.25) is 9.59 Å². The number of ether oxygens (including phenoxy) is 2.